The molecule has 2 heterocycles. The van der Waals surface area contributed by atoms with Gasteiger partial charge < -0.3 is 9.80 Å². The van der Waals surface area contributed by atoms with E-state index in [1.807, 2.05) is 0 Å². The Bertz CT molecular complexity index is 215. The van der Waals surface area contributed by atoms with Gasteiger partial charge >= 0.3 is 0 Å². The molecule has 0 aromatic carbocycles. The second-order valence-electron chi connectivity index (χ2n) is 4.43. The lowest BCUT2D eigenvalue weighted by Gasteiger charge is -2.38. The van der Waals surface area contributed by atoms with Crippen LogP contribution in [0.1, 0.15) is 32.6 Å². The molecule has 0 aromatic heterocycles. The molecule has 2 aliphatic rings. The Morgan fingerprint density at radius 1 is 1.36 bits per heavy atom. The Morgan fingerprint density at radius 2 is 2.21 bits per heavy atom. The fraction of sp³-hybridized carbons (Fsp3) is 0.909. The van der Waals surface area contributed by atoms with Crippen LogP contribution in [0.4, 0.5) is 0 Å². The molecule has 0 bridgehead atoms. The van der Waals surface area contributed by atoms with Crippen LogP contribution in [0, 0.1) is 5.41 Å². The largest absolute Gasteiger partial charge is 0.356 e. The number of amidine groups is 1. The molecule has 0 spiro atoms. The van der Waals surface area contributed by atoms with Crippen LogP contribution in [0.25, 0.3) is 0 Å². The Kier molecular flexibility index (Phi) is 3.06. The Balaban J connectivity index is 1.93. The second kappa shape index (κ2) is 4.30. The molecule has 2 fully saturated rings. The molecule has 1 N–H and O–H groups in total. The van der Waals surface area contributed by atoms with Gasteiger partial charge in [-0.25, -0.2) is 0 Å². The monoisotopic (exact) mass is 195 g/mol. The van der Waals surface area contributed by atoms with Crippen molar-refractivity contribution < 1.29 is 0 Å². The first kappa shape index (κ1) is 9.97. The van der Waals surface area contributed by atoms with E-state index in [1.165, 1.54) is 32.4 Å². The standard InChI is InChI=1S/C11H21N3/c1-2-13-7-3-5-10(9-13)14-8-4-6-11(14)12/h10,12H,2-9H2,1H3. The number of likely N-dealkylation sites (tertiary alicyclic amines) is 2. The SMILES string of the molecule is CCN1CCCC(N2CCCC2=N)C1. The topological polar surface area (TPSA) is 30.3 Å². The van der Waals surface area contributed by atoms with Gasteiger partial charge in [0.05, 0.1) is 5.84 Å². The van der Waals surface area contributed by atoms with E-state index in [4.69, 9.17) is 5.41 Å². The minimum absolute atomic E-state index is 0.638. The number of nitrogens with one attached hydrogen (secondary N) is 1. The van der Waals surface area contributed by atoms with Crippen LogP contribution >= 0.6 is 0 Å². The molecular weight excluding hydrogens is 174 g/mol. The summed E-state index contributed by atoms with van der Waals surface area (Å²) >= 11 is 0. The van der Waals surface area contributed by atoms with E-state index < -0.39 is 0 Å². The molecule has 1 atom stereocenters. The number of rotatable bonds is 2. The molecular formula is C11H21N3. The fourth-order valence-electron chi connectivity index (χ4n) is 2.67. The molecule has 14 heavy (non-hydrogen) atoms. The third-order valence-electron chi connectivity index (χ3n) is 3.53. The van der Waals surface area contributed by atoms with Crippen molar-refractivity contribution in [3.63, 3.8) is 0 Å². The number of likely N-dealkylation sites (N-methyl/N-ethyl adjacent to an activating group) is 1. The van der Waals surface area contributed by atoms with Gasteiger partial charge in [-0.05, 0) is 32.4 Å². The van der Waals surface area contributed by atoms with E-state index in [-0.39, 0.29) is 0 Å². The molecule has 2 aliphatic heterocycles. The zero-order valence-corrected chi connectivity index (χ0v) is 9.13. The van der Waals surface area contributed by atoms with Crippen molar-refractivity contribution in [3.05, 3.63) is 0 Å². The molecule has 0 aliphatic carbocycles. The first-order valence-corrected chi connectivity index (χ1v) is 5.87. The van der Waals surface area contributed by atoms with Gasteiger partial charge in [0.1, 0.15) is 0 Å². The average Bonchev–Trinajstić information content (AvgIpc) is 2.65. The highest BCUT2D eigenvalue weighted by Crippen LogP contribution is 2.21. The number of nitrogens with zero attached hydrogens (tertiary/aromatic N) is 2. The summed E-state index contributed by atoms with van der Waals surface area (Å²) in [5, 5.41) is 7.87. The zero-order valence-electron chi connectivity index (χ0n) is 9.13. The third-order valence-corrected chi connectivity index (χ3v) is 3.53. The van der Waals surface area contributed by atoms with Crippen LogP contribution in [-0.2, 0) is 0 Å². The van der Waals surface area contributed by atoms with Crippen molar-refractivity contribution in [1.82, 2.24) is 9.80 Å². The molecule has 2 saturated heterocycles. The fourth-order valence-corrected chi connectivity index (χ4v) is 2.67. The summed E-state index contributed by atoms with van der Waals surface area (Å²) < 4.78 is 0. The highest BCUT2D eigenvalue weighted by Gasteiger charge is 2.28. The van der Waals surface area contributed by atoms with E-state index >= 15 is 0 Å². The summed E-state index contributed by atoms with van der Waals surface area (Å²) in [6.45, 7) is 6.96. The number of piperidine rings is 1. The maximum Gasteiger partial charge on any atom is 0.0961 e. The van der Waals surface area contributed by atoms with Gasteiger partial charge in [-0.3, -0.25) is 5.41 Å². The van der Waals surface area contributed by atoms with Gasteiger partial charge in [0.15, 0.2) is 0 Å². The van der Waals surface area contributed by atoms with Crippen molar-refractivity contribution in [2.24, 2.45) is 0 Å². The molecule has 0 saturated carbocycles. The summed E-state index contributed by atoms with van der Waals surface area (Å²) in [5.41, 5.74) is 0. The van der Waals surface area contributed by atoms with E-state index in [9.17, 15) is 0 Å². The zero-order chi connectivity index (χ0) is 9.97. The Hall–Kier alpha value is -0.570. The van der Waals surface area contributed by atoms with Crippen molar-refractivity contribution in [2.75, 3.05) is 26.2 Å². The van der Waals surface area contributed by atoms with E-state index in [1.54, 1.807) is 0 Å². The summed E-state index contributed by atoms with van der Waals surface area (Å²) in [6.07, 6.45) is 4.80. The molecule has 0 amide bonds. The quantitative estimate of drug-likeness (QED) is 0.724. The van der Waals surface area contributed by atoms with Gasteiger partial charge in [-0.2, -0.15) is 0 Å². The molecule has 80 valence electrons. The van der Waals surface area contributed by atoms with Gasteiger partial charge in [-0.15, -0.1) is 0 Å². The van der Waals surface area contributed by atoms with Crippen molar-refractivity contribution in [2.45, 2.75) is 38.6 Å². The van der Waals surface area contributed by atoms with Crippen LogP contribution in [0.5, 0.6) is 0 Å². The minimum Gasteiger partial charge on any atom is -0.356 e. The normalized spacial score (nSPS) is 29.9. The molecule has 2 rings (SSSR count). The van der Waals surface area contributed by atoms with E-state index in [2.05, 4.69) is 16.7 Å². The predicted molar refractivity (Wildman–Crippen MR) is 58.8 cm³/mol. The number of hydrogen-bond acceptors (Lipinski definition) is 2. The Morgan fingerprint density at radius 3 is 2.86 bits per heavy atom. The molecule has 0 aromatic rings. The van der Waals surface area contributed by atoms with Crippen LogP contribution in [0.3, 0.4) is 0 Å². The number of hydrogen-bond donors (Lipinski definition) is 1. The van der Waals surface area contributed by atoms with Gasteiger partial charge in [0.25, 0.3) is 0 Å². The lowest BCUT2D eigenvalue weighted by molar-refractivity contribution is 0.152. The molecule has 3 heteroatoms. The summed E-state index contributed by atoms with van der Waals surface area (Å²) in [6, 6.07) is 0.638. The second-order valence-corrected chi connectivity index (χ2v) is 4.43. The minimum atomic E-state index is 0.638. The first-order valence-electron chi connectivity index (χ1n) is 5.87. The van der Waals surface area contributed by atoms with Crippen LogP contribution in [0.2, 0.25) is 0 Å². The average molecular weight is 195 g/mol. The van der Waals surface area contributed by atoms with Gasteiger partial charge in [-0.1, -0.05) is 6.92 Å². The van der Waals surface area contributed by atoms with E-state index in [0.29, 0.717) is 6.04 Å². The molecule has 1 unspecified atom stereocenters. The summed E-state index contributed by atoms with van der Waals surface area (Å²) in [5.74, 6) is 0.882. The lowest BCUT2D eigenvalue weighted by atomic mass is 10.0. The Labute approximate surface area is 86.6 Å². The third kappa shape index (κ3) is 1.92. The van der Waals surface area contributed by atoms with Crippen LogP contribution in [-0.4, -0.2) is 47.9 Å². The summed E-state index contributed by atoms with van der Waals surface area (Å²) in [7, 11) is 0. The molecule has 0 radical (unpaired) electrons. The van der Waals surface area contributed by atoms with Crippen molar-refractivity contribution in [1.29, 1.82) is 5.41 Å². The van der Waals surface area contributed by atoms with Crippen LogP contribution in [0.15, 0.2) is 0 Å². The van der Waals surface area contributed by atoms with Crippen molar-refractivity contribution in [3.8, 4) is 0 Å². The predicted octanol–water partition coefficient (Wildman–Crippen LogP) is 1.54. The van der Waals surface area contributed by atoms with Gasteiger partial charge in [0.2, 0.25) is 0 Å². The summed E-state index contributed by atoms with van der Waals surface area (Å²) in [4.78, 5) is 4.85. The lowest BCUT2D eigenvalue weighted by Crippen LogP contribution is -2.48. The van der Waals surface area contributed by atoms with Crippen molar-refractivity contribution >= 4 is 5.84 Å². The maximum atomic E-state index is 7.87. The smallest absolute Gasteiger partial charge is 0.0961 e. The highest BCUT2D eigenvalue weighted by atomic mass is 15.3. The van der Waals surface area contributed by atoms with E-state index in [0.717, 1.165) is 25.3 Å². The maximum absolute atomic E-state index is 7.87. The van der Waals surface area contributed by atoms with Gasteiger partial charge in [0, 0.05) is 25.6 Å². The first-order chi connectivity index (χ1) is 6.81. The highest BCUT2D eigenvalue weighted by molar-refractivity contribution is 5.81. The van der Waals surface area contributed by atoms with Crippen LogP contribution < -0.4 is 0 Å². The molecule has 3 nitrogen and oxygen atoms in total.